The number of allylic oxidation sites excluding steroid dienone is 4. The van der Waals surface area contributed by atoms with E-state index in [2.05, 4.69) is 0 Å². The summed E-state index contributed by atoms with van der Waals surface area (Å²) in [5.74, 6) is -0.856. The zero-order valence-corrected chi connectivity index (χ0v) is 14.8. The van der Waals surface area contributed by atoms with E-state index in [1.807, 2.05) is 20.8 Å². The molecule has 127 valence electrons. The van der Waals surface area contributed by atoms with Crippen molar-refractivity contribution < 1.29 is 20.3 Å². The molecule has 0 bridgehead atoms. The predicted molar refractivity (Wildman–Crippen MR) is 84.6 cm³/mol. The second-order valence-corrected chi connectivity index (χ2v) is 8.17. The van der Waals surface area contributed by atoms with Gasteiger partial charge in [-0.25, -0.2) is 5.06 Å². The highest BCUT2D eigenvalue weighted by molar-refractivity contribution is 6.09. The van der Waals surface area contributed by atoms with Crippen molar-refractivity contribution >= 4 is 5.78 Å². The van der Waals surface area contributed by atoms with E-state index in [1.165, 1.54) is 6.08 Å². The van der Waals surface area contributed by atoms with Crippen LogP contribution in [0, 0.1) is 5.41 Å². The smallest absolute Gasteiger partial charge is 0.223 e. The van der Waals surface area contributed by atoms with Gasteiger partial charge in [0.1, 0.15) is 0 Å². The molecule has 2 rings (SSSR count). The van der Waals surface area contributed by atoms with Crippen LogP contribution >= 0.6 is 0 Å². The summed E-state index contributed by atoms with van der Waals surface area (Å²) in [4.78, 5) is 12.2. The molecular weight excluding hydrogens is 296 g/mol. The van der Waals surface area contributed by atoms with E-state index >= 15 is 0 Å². The van der Waals surface area contributed by atoms with Gasteiger partial charge in [-0.05, 0) is 45.3 Å². The Morgan fingerprint density at radius 2 is 1.57 bits per heavy atom. The summed E-state index contributed by atoms with van der Waals surface area (Å²) in [6.45, 7) is 12.6. The van der Waals surface area contributed by atoms with Crippen LogP contribution in [0.1, 0.15) is 48.5 Å². The molecule has 1 radical (unpaired) electrons. The Bertz CT molecular complexity index is 626. The third-order valence-electron chi connectivity index (χ3n) is 5.06. The van der Waals surface area contributed by atoms with Gasteiger partial charge in [0.25, 0.3) is 0 Å². The number of Topliss-reactive ketones (excluding diaryl/α,β-unsaturated/α-hetero) is 1. The van der Waals surface area contributed by atoms with E-state index in [0.29, 0.717) is 11.1 Å². The van der Waals surface area contributed by atoms with Crippen molar-refractivity contribution in [3.8, 4) is 0 Å². The summed E-state index contributed by atoms with van der Waals surface area (Å²) >= 11 is 0. The maximum absolute atomic E-state index is 12.7. The first-order valence-corrected chi connectivity index (χ1v) is 7.61. The van der Waals surface area contributed by atoms with Gasteiger partial charge >= 0.3 is 0 Å². The molecule has 2 aliphatic rings. The van der Waals surface area contributed by atoms with Crippen LogP contribution in [0.3, 0.4) is 0 Å². The minimum absolute atomic E-state index is 0.0285. The molecule has 23 heavy (non-hydrogen) atoms. The molecule has 1 heterocycles. The SMILES string of the molecule is CC(C)(C)C1=C/C(=C2/N([O])C(C)(C)C(C)(C)N2O)C=C(O)C1=O. The monoisotopic (exact) mass is 321 g/mol. The molecule has 6 nitrogen and oxygen atoms in total. The number of aliphatic hydroxyl groups excluding tert-OH is 1. The van der Waals surface area contributed by atoms with Crippen LogP contribution in [0.15, 0.2) is 34.9 Å². The maximum Gasteiger partial charge on any atom is 0.223 e. The average Bonchev–Trinajstić information content (AvgIpc) is 2.51. The second-order valence-electron chi connectivity index (χ2n) is 8.17. The third-order valence-corrected chi connectivity index (χ3v) is 5.06. The van der Waals surface area contributed by atoms with E-state index in [-0.39, 0.29) is 5.82 Å². The number of carbonyl (C=O) groups is 1. The Kier molecular flexibility index (Phi) is 3.70. The van der Waals surface area contributed by atoms with Gasteiger partial charge in [0.2, 0.25) is 5.78 Å². The fourth-order valence-electron chi connectivity index (χ4n) is 2.66. The summed E-state index contributed by atoms with van der Waals surface area (Å²) in [6, 6.07) is 0. The van der Waals surface area contributed by atoms with Crippen molar-refractivity contribution in [2.24, 2.45) is 5.41 Å². The van der Waals surface area contributed by atoms with Crippen molar-refractivity contribution in [3.63, 3.8) is 0 Å². The van der Waals surface area contributed by atoms with E-state index < -0.39 is 28.0 Å². The Morgan fingerprint density at radius 3 is 1.96 bits per heavy atom. The number of hydroxylamine groups is 4. The van der Waals surface area contributed by atoms with Crippen LogP contribution in [0.25, 0.3) is 0 Å². The van der Waals surface area contributed by atoms with Gasteiger partial charge in [-0.2, -0.15) is 5.06 Å². The molecule has 0 aromatic carbocycles. The first-order valence-electron chi connectivity index (χ1n) is 7.61. The van der Waals surface area contributed by atoms with Gasteiger partial charge in [-0.1, -0.05) is 26.0 Å². The summed E-state index contributed by atoms with van der Waals surface area (Å²) in [6.07, 6.45) is 2.81. The lowest BCUT2D eigenvalue weighted by Gasteiger charge is -2.36. The normalized spacial score (nSPS) is 27.3. The van der Waals surface area contributed by atoms with Gasteiger partial charge in [0, 0.05) is 11.1 Å². The number of hydrogen-bond donors (Lipinski definition) is 2. The Hall–Kier alpha value is -1.79. The number of rotatable bonds is 0. The van der Waals surface area contributed by atoms with Crippen LogP contribution in [0.2, 0.25) is 0 Å². The van der Waals surface area contributed by atoms with E-state index in [4.69, 9.17) is 0 Å². The van der Waals surface area contributed by atoms with Gasteiger partial charge in [-0.15, -0.1) is 0 Å². The van der Waals surface area contributed by atoms with Crippen molar-refractivity contribution in [1.29, 1.82) is 0 Å². The quantitative estimate of drug-likeness (QED) is 0.716. The van der Waals surface area contributed by atoms with Gasteiger partial charge in [0.15, 0.2) is 11.6 Å². The largest absolute Gasteiger partial charge is 0.504 e. The molecule has 1 aliphatic carbocycles. The van der Waals surface area contributed by atoms with E-state index in [0.717, 1.165) is 10.1 Å². The Labute approximate surface area is 136 Å². The van der Waals surface area contributed by atoms with Crippen LogP contribution < -0.4 is 0 Å². The van der Waals surface area contributed by atoms with Gasteiger partial charge < -0.3 is 5.11 Å². The zero-order chi connectivity index (χ0) is 18.0. The minimum Gasteiger partial charge on any atom is -0.504 e. The van der Waals surface area contributed by atoms with Crippen molar-refractivity contribution in [2.45, 2.75) is 59.5 Å². The topological polar surface area (TPSA) is 83.9 Å². The van der Waals surface area contributed by atoms with Crippen LogP contribution in [-0.4, -0.2) is 37.3 Å². The molecule has 0 saturated carbocycles. The summed E-state index contributed by atoms with van der Waals surface area (Å²) in [5, 5.41) is 34.9. The summed E-state index contributed by atoms with van der Waals surface area (Å²) in [5.41, 5.74) is -1.50. The standard InChI is InChI=1S/C17H25N2O4/c1-15(2,3)11-8-10(9-12(20)13(11)21)14-18(22)16(4,5)17(6,7)19(14)23/h8-9,20,22H,1-7H3/b14-10-. The summed E-state index contributed by atoms with van der Waals surface area (Å²) in [7, 11) is 0. The van der Waals surface area contributed by atoms with Crippen LogP contribution in [0.4, 0.5) is 0 Å². The number of ketones is 1. The summed E-state index contributed by atoms with van der Waals surface area (Å²) < 4.78 is 0. The Balaban J connectivity index is 2.70. The fourth-order valence-corrected chi connectivity index (χ4v) is 2.66. The number of nitrogens with zero attached hydrogens (tertiary/aromatic N) is 2. The van der Waals surface area contributed by atoms with E-state index in [1.54, 1.807) is 33.8 Å². The molecule has 0 atom stereocenters. The van der Waals surface area contributed by atoms with Crippen molar-refractivity contribution in [2.75, 3.05) is 0 Å². The fraction of sp³-hybridized carbons (Fsp3) is 0.588. The zero-order valence-electron chi connectivity index (χ0n) is 14.8. The second kappa shape index (κ2) is 4.85. The number of carbonyl (C=O) groups excluding carboxylic acids is 1. The maximum atomic E-state index is 12.7. The van der Waals surface area contributed by atoms with E-state index in [9.17, 15) is 20.3 Å². The lowest BCUT2D eigenvalue weighted by Crippen LogP contribution is -2.52. The molecular formula is C17H25N2O4. The predicted octanol–water partition coefficient (Wildman–Crippen LogP) is 3.10. The molecule has 0 amide bonds. The average molecular weight is 321 g/mol. The first kappa shape index (κ1) is 17.6. The Morgan fingerprint density at radius 1 is 1.04 bits per heavy atom. The number of hydrogen-bond acceptors (Lipinski definition) is 5. The highest BCUT2D eigenvalue weighted by Crippen LogP contribution is 2.45. The minimum atomic E-state index is -0.884. The molecule has 1 saturated heterocycles. The highest BCUT2D eigenvalue weighted by atomic mass is 16.6. The molecule has 0 unspecified atom stereocenters. The molecule has 0 aromatic heterocycles. The number of aliphatic hydroxyl groups is 1. The van der Waals surface area contributed by atoms with Gasteiger partial charge in [-0.3, -0.25) is 10.0 Å². The lowest BCUT2D eigenvalue weighted by molar-refractivity contribution is -0.181. The molecule has 0 spiro atoms. The lowest BCUT2D eigenvalue weighted by atomic mass is 9.80. The molecule has 1 fully saturated rings. The molecule has 1 aliphatic heterocycles. The van der Waals surface area contributed by atoms with Crippen molar-refractivity contribution in [3.05, 3.63) is 34.9 Å². The van der Waals surface area contributed by atoms with Gasteiger partial charge in [0.05, 0.1) is 11.1 Å². The van der Waals surface area contributed by atoms with Crippen LogP contribution in [-0.2, 0) is 10.0 Å². The highest BCUT2D eigenvalue weighted by Gasteiger charge is 2.57. The first-order chi connectivity index (χ1) is 10.2. The molecule has 0 aromatic rings. The molecule has 6 heteroatoms. The molecule has 2 N–H and O–H groups in total. The van der Waals surface area contributed by atoms with Crippen molar-refractivity contribution in [1.82, 2.24) is 10.1 Å². The van der Waals surface area contributed by atoms with Crippen LogP contribution in [0.5, 0.6) is 0 Å². The third kappa shape index (κ3) is 2.37.